The lowest BCUT2D eigenvalue weighted by molar-refractivity contribution is 0.412. The van der Waals surface area contributed by atoms with Crippen molar-refractivity contribution in [1.29, 1.82) is 0 Å². The minimum Gasteiger partial charge on any atom is -0.508 e. The molecule has 2 heteroatoms. The van der Waals surface area contributed by atoms with Crippen LogP contribution >= 0.6 is 0 Å². The number of benzene rings is 2. The first kappa shape index (κ1) is 12.7. The summed E-state index contributed by atoms with van der Waals surface area (Å²) >= 11 is 0. The molecule has 2 aromatic carbocycles. The monoisotopic (exact) mass is 244 g/mol. The Kier molecular flexibility index (Phi) is 3.20. The van der Waals surface area contributed by atoms with Gasteiger partial charge in [-0.2, -0.15) is 0 Å². The van der Waals surface area contributed by atoms with Gasteiger partial charge in [-0.3, -0.25) is 0 Å². The highest BCUT2D eigenvalue weighted by molar-refractivity contribution is 5.92. The minimum atomic E-state index is 0.358. The summed E-state index contributed by atoms with van der Waals surface area (Å²) in [5.74, 6) is 1.61. The third-order valence-corrected chi connectivity index (χ3v) is 3.55. The Morgan fingerprint density at radius 1 is 1.06 bits per heavy atom. The molecule has 0 unspecified atom stereocenters. The van der Waals surface area contributed by atoms with Crippen molar-refractivity contribution in [2.75, 3.05) is 7.11 Å². The molecule has 0 aromatic heterocycles. The normalized spacial score (nSPS) is 11.2. The molecule has 0 saturated heterocycles. The predicted octanol–water partition coefficient (Wildman–Crippen LogP) is 4.29. The van der Waals surface area contributed by atoms with Crippen molar-refractivity contribution >= 4 is 10.8 Å². The third kappa shape index (κ3) is 1.92. The lowest BCUT2D eigenvalue weighted by Gasteiger charge is -2.16. The van der Waals surface area contributed by atoms with Crippen molar-refractivity contribution in [2.45, 2.75) is 33.6 Å². The van der Waals surface area contributed by atoms with Gasteiger partial charge in [-0.15, -0.1) is 0 Å². The number of hydrogen-bond acceptors (Lipinski definition) is 2. The summed E-state index contributed by atoms with van der Waals surface area (Å²) < 4.78 is 5.37. The molecule has 0 heterocycles. The average Bonchev–Trinajstić information content (AvgIpc) is 2.33. The van der Waals surface area contributed by atoms with Crippen LogP contribution in [0.5, 0.6) is 11.5 Å². The van der Waals surface area contributed by atoms with Gasteiger partial charge < -0.3 is 9.84 Å². The second-order valence-corrected chi connectivity index (χ2v) is 5.13. The second-order valence-electron chi connectivity index (χ2n) is 5.13. The summed E-state index contributed by atoms with van der Waals surface area (Å²) in [4.78, 5) is 0. The molecule has 0 aliphatic heterocycles. The van der Waals surface area contributed by atoms with Crippen molar-refractivity contribution in [1.82, 2.24) is 0 Å². The van der Waals surface area contributed by atoms with Gasteiger partial charge in [-0.25, -0.2) is 0 Å². The Morgan fingerprint density at radius 2 is 1.72 bits per heavy atom. The van der Waals surface area contributed by atoms with Crippen LogP contribution in [-0.4, -0.2) is 12.2 Å². The highest BCUT2D eigenvalue weighted by Crippen LogP contribution is 2.37. The van der Waals surface area contributed by atoms with Crippen molar-refractivity contribution in [2.24, 2.45) is 0 Å². The van der Waals surface area contributed by atoms with Crippen molar-refractivity contribution in [3.63, 3.8) is 0 Å². The summed E-state index contributed by atoms with van der Waals surface area (Å²) in [7, 11) is 1.68. The van der Waals surface area contributed by atoms with Gasteiger partial charge in [0, 0.05) is 0 Å². The van der Waals surface area contributed by atoms with Crippen LogP contribution in [-0.2, 0) is 0 Å². The number of fused-ring (bicyclic) bond motifs is 1. The first-order valence-corrected chi connectivity index (χ1v) is 6.26. The SMILES string of the molecule is COc1cc2c(C)c(O)cc(C(C)C)c2cc1C. The van der Waals surface area contributed by atoms with Crippen molar-refractivity contribution in [3.8, 4) is 11.5 Å². The molecule has 0 fully saturated rings. The molecule has 1 N–H and O–H groups in total. The van der Waals surface area contributed by atoms with Gasteiger partial charge in [0.25, 0.3) is 0 Å². The molecular formula is C16H20O2. The minimum absolute atomic E-state index is 0.358. The van der Waals surface area contributed by atoms with Gasteiger partial charge in [-0.05, 0) is 65.4 Å². The Bertz CT molecular complexity index is 598. The van der Waals surface area contributed by atoms with E-state index in [4.69, 9.17) is 4.74 Å². The maximum atomic E-state index is 10.0. The fourth-order valence-corrected chi connectivity index (χ4v) is 2.41. The maximum absolute atomic E-state index is 10.0. The van der Waals surface area contributed by atoms with Gasteiger partial charge >= 0.3 is 0 Å². The van der Waals surface area contributed by atoms with E-state index in [0.29, 0.717) is 11.7 Å². The van der Waals surface area contributed by atoms with Crippen LogP contribution in [0.1, 0.15) is 36.5 Å². The van der Waals surface area contributed by atoms with E-state index in [1.165, 1.54) is 10.9 Å². The van der Waals surface area contributed by atoms with E-state index in [1.807, 2.05) is 26.0 Å². The van der Waals surface area contributed by atoms with E-state index >= 15 is 0 Å². The molecule has 2 aromatic rings. The predicted molar refractivity (Wildman–Crippen MR) is 75.7 cm³/mol. The van der Waals surface area contributed by atoms with E-state index < -0.39 is 0 Å². The average molecular weight is 244 g/mol. The molecule has 0 atom stereocenters. The van der Waals surface area contributed by atoms with Crippen LogP contribution in [0, 0.1) is 13.8 Å². The van der Waals surface area contributed by atoms with Gasteiger partial charge in [-0.1, -0.05) is 13.8 Å². The van der Waals surface area contributed by atoms with Gasteiger partial charge in [0.2, 0.25) is 0 Å². The Labute approximate surface area is 108 Å². The number of phenols is 1. The summed E-state index contributed by atoms with van der Waals surface area (Å²) in [6, 6.07) is 6.05. The number of methoxy groups -OCH3 is 1. The smallest absolute Gasteiger partial charge is 0.122 e. The largest absolute Gasteiger partial charge is 0.508 e. The highest BCUT2D eigenvalue weighted by Gasteiger charge is 2.13. The van der Waals surface area contributed by atoms with Crippen molar-refractivity contribution < 1.29 is 9.84 Å². The molecule has 96 valence electrons. The van der Waals surface area contributed by atoms with Gasteiger partial charge in [0.15, 0.2) is 0 Å². The van der Waals surface area contributed by atoms with Gasteiger partial charge in [0.1, 0.15) is 11.5 Å². The zero-order valence-electron chi connectivity index (χ0n) is 11.7. The van der Waals surface area contributed by atoms with Gasteiger partial charge in [0.05, 0.1) is 7.11 Å². The molecule has 0 aliphatic carbocycles. The van der Waals surface area contributed by atoms with Crippen LogP contribution in [0.25, 0.3) is 10.8 Å². The zero-order valence-corrected chi connectivity index (χ0v) is 11.7. The van der Waals surface area contributed by atoms with E-state index in [1.54, 1.807) is 7.11 Å². The first-order valence-electron chi connectivity index (χ1n) is 6.26. The molecule has 0 radical (unpaired) electrons. The highest BCUT2D eigenvalue weighted by atomic mass is 16.5. The standard InChI is InChI=1S/C16H20O2/c1-9(2)12-7-15(17)11(4)13-8-16(18-5)10(3)6-14(12)13/h6-9,17H,1-5H3. The van der Waals surface area contributed by atoms with E-state index in [9.17, 15) is 5.11 Å². The topological polar surface area (TPSA) is 29.5 Å². The Balaban J connectivity index is 2.90. The van der Waals surface area contributed by atoms with Crippen LogP contribution in [0.3, 0.4) is 0 Å². The molecular weight excluding hydrogens is 224 g/mol. The number of hydrogen-bond donors (Lipinski definition) is 1. The molecule has 18 heavy (non-hydrogen) atoms. The van der Waals surface area contributed by atoms with Crippen LogP contribution in [0.2, 0.25) is 0 Å². The second kappa shape index (κ2) is 4.52. The number of phenolic OH excluding ortho intramolecular Hbond substituents is 1. The summed E-state index contributed by atoms with van der Waals surface area (Å²) in [6.45, 7) is 8.27. The summed E-state index contributed by atoms with van der Waals surface area (Å²) in [5.41, 5.74) is 3.21. The maximum Gasteiger partial charge on any atom is 0.122 e. The molecule has 0 spiro atoms. The van der Waals surface area contributed by atoms with Crippen molar-refractivity contribution in [3.05, 3.63) is 34.9 Å². The fraction of sp³-hybridized carbons (Fsp3) is 0.375. The van der Waals surface area contributed by atoms with E-state index in [-0.39, 0.29) is 0 Å². The molecule has 0 amide bonds. The van der Waals surface area contributed by atoms with E-state index in [0.717, 1.165) is 22.3 Å². The molecule has 0 aliphatic rings. The van der Waals surface area contributed by atoms with Crippen LogP contribution in [0.4, 0.5) is 0 Å². The Hall–Kier alpha value is -1.70. The molecule has 2 rings (SSSR count). The Morgan fingerprint density at radius 3 is 2.28 bits per heavy atom. The number of aromatic hydroxyl groups is 1. The first-order chi connectivity index (χ1) is 8.45. The lowest BCUT2D eigenvalue weighted by atomic mass is 9.91. The number of rotatable bonds is 2. The molecule has 2 nitrogen and oxygen atoms in total. The number of ether oxygens (including phenoxy) is 1. The van der Waals surface area contributed by atoms with Crippen LogP contribution < -0.4 is 4.74 Å². The van der Waals surface area contributed by atoms with E-state index in [2.05, 4.69) is 19.9 Å². The molecule has 0 saturated carbocycles. The molecule has 0 bridgehead atoms. The summed E-state index contributed by atoms with van der Waals surface area (Å²) in [5, 5.41) is 12.3. The quantitative estimate of drug-likeness (QED) is 0.853. The zero-order chi connectivity index (χ0) is 13.4. The third-order valence-electron chi connectivity index (χ3n) is 3.55. The fourth-order valence-electron chi connectivity index (χ4n) is 2.41. The number of aryl methyl sites for hydroxylation is 2. The lowest BCUT2D eigenvalue weighted by Crippen LogP contribution is -1.95. The summed E-state index contributed by atoms with van der Waals surface area (Å²) in [6.07, 6.45) is 0. The van der Waals surface area contributed by atoms with Crippen LogP contribution in [0.15, 0.2) is 18.2 Å².